The van der Waals surface area contributed by atoms with Crippen LogP contribution in [0.3, 0.4) is 0 Å². The molecule has 1 aromatic heterocycles. The molecule has 1 amide bonds. The van der Waals surface area contributed by atoms with Gasteiger partial charge in [0, 0.05) is 13.0 Å². The molecule has 1 N–H and O–H groups in total. The molecule has 0 saturated heterocycles. The van der Waals surface area contributed by atoms with Crippen LogP contribution in [0.2, 0.25) is 0 Å². The van der Waals surface area contributed by atoms with Gasteiger partial charge in [-0.1, -0.05) is 18.2 Å². The van der Waals surface area contributed by atoms with Gasteiger partial charge in [0.25, 0.3) is 0 Å². The van der Waals surface area contributed by atoms with E-state index >= 15 is 0 Å². The summed E-state index contributed by atoms with van der Waals surface area (Å²) >= 11 is 0. The second-order valence-corrected chi connectivity index (χ2v) is 6.29. The summed E-state index contributed by atoms with van der Waals surface area (Å²) in [7, 11) is 0. The van der Waals surface area contributed by atoms with Crippen molar-refractivity contribution in [1.82, 2.24) is 20.1 Å². The maximum atomic E-state index is 12.1. The van der Waals surface area contributed by atoms with Crippen LogP contribution in [0.5, 0.6) is 0 Å². The Morgan fingerprint density at radius 2 is 2.13 bits per heavy atom. The molecule has 0 radical (unpaired) electrons. The van der Waals surface area contributed by atoms with E-state index < -0.39 is 0 Å². The van der Waals surface area contributed by atoms with E-state index in [1.165, 1.54) is 48.7 Å². The van der Waals surface area contributed by atoms with Crippen LogP contribution in [0.1, 0.15) is 55.3 Å². The van der Waals surface area contributed by atoms with Crippen molar-refractivity contribution in [2.45, 2.75) is 58.0 Å². The van der Waals surface area contributed by atoms with Crippen molar-refractivity contribution in [2.75, 3.05) is 0 Å². The third-order valence-corrected chi connectivity index (χ3v) is 4.51. The molecule has 2 aromatic rings. The second kappa shape index (κ2) is 7.40. The molecule has 0 saturated carbocycles. The molecule has 0 bridgehead atoms. The lowest BCUT2D eigenvalue weighted by Gasteiger charge is -2.20. The number of rotatable bonds is 6. The van der Waals surface area contributed by atoms with Gasteiger partial charge < -0.3 is 5.32 Å². The number of hydrogen-bond acceptors (Lipinski definition) is 3. The molecule has 3 rings (SSSR count). The Morgan fingerprint density at radius 1 is 1.30 bits per heavy atom. The average Bonchev–Trinajstić information content (AvgIpc) is 3.07. The van der Waals surface area contributed by atoms with Gasteiger partial charge in [-0.25, -0.2) is 4.98 Å². The van der Waals surface area contributed by atoms with Gasteiger partial charge >= 0.3 is 0 Å². The fourth-order valence-corrected chi connectivity index (χ4v) is 3.17. The van der Waals surface area contributed by atoms with Gasteiger partial charge in [-0.3, -0.25) is 9.48 Å². The normalized spacial score (nSPS) is 15.0. The third kappa shape index (κ3) is 4.18. The number of fused-ring (bicyclic) bond motifs is 1. The van der Waals surface area contributed by atoms with Gasteiger partial charge in [0.15, 0.2) is 0 Å². The minimum absolute atomic E-state index is 0.0566. The standard InChI is InChI=1S/C18H24N4O/c1-14(16-9-8-15-5-2-3-6-17(15)11-16)21-18(23)7-4-10-22-13-19-12-20-22/h8-9,11-14H,2-7,10H2,1H3,(H,21,23)/t14-/m1/s1. The van der Waals surface area contributed by atoms with Gasteiger partial charge in [0.1, 0.15) is 12.7 Å². The average molecular weight is 312 g/mol. The molecule has 0 fully saturated rings. The quantitative estimate of drug-likeness (QED) is 0.892. The highest BCUT2D eigenvalue weighted by Crippen LogP contribution is 2.24. The first kappa shape index (κ1) is 15.7. The summed E-state index contributed by atoms with van der Waals surface area (Å²) in [5.41, 5.74) is 4.14. The Bertz CT molecular complexity index is 651. The van der Waals surface area contributed by atoms with Crippen LogP contribution in [0.15, 0.2) is 30.9 Å². The number of aromatic nitrogens is 3. The molecule has 1 atom stereocenters. The molecule has 23 heavy (non-hydrogen) atoms. The van der Waals surface area contributed by atoms with E-state index in [1.807, 2.05) is 0 Å². The first-order valence-electron chi connectivity index (χ1n) is 8.46. The summed E-state index contributed by atoms with van der Waals surface area (Å²) in [6.45, 7) is 2.78. The van der Waals surface area contributed by atoms with E-state index in [-0.39, 0.29) is 11.9 Å². The fraction of sp³-hybridized carbons (Fsp3) is 0.500. The van der Waals surface area contributed by atoms with Gasteiger partial charge in [-0.05, 0) is 55.7 Å². The lowest BCUT2D eigenvalue weighted by atomic mass is 9.89. The molecular weight excluding hydrogens is 288 g/mol. The zero-order valence-corrected chi connectivity index (χ0v) is 13.7. The van der Waals surface area contributed by atoms with E-state index in [9.17, 15) is 4.79 Å². The first-order chi connectivity index (χ1) is 11.2. The molecule has 0 aliphatic heterocycles. The minimum Gasteiger partial charge on any atom is -0.350 e. The third-order valence-electron chi connectivity index (χ3n) is 4.51. The zero-order chi connectivity index (χ0) is 16.1. The highest BCUT2D eigenvalue weighted by atomic mass is 16.1. The Balaban J connectivity index is 1.50. The summed E-state index contributed by atoms with van der Waals surface area (Å²) < 4.78 is 1.75. The fourth-order valence-electron chi connectivity index (χ4n) is 3.17. The van der Waals surface area contributed by atoms with Crippen LogP contribution in [0.4, 0.5) is 0 Å². The smallest absolute Gasteiger partial charge is 0.220 e. The molecule has 1 aliphatic carbocycles. The molecule has 5 nitrogen and oxygen atoms in total. The minimum atomic E-state index is 0.0566. The number of benzene rings is 1. The number of nitrogens with one attached hydrogen (secondary N) is 1. The Morgan fingerprint density at radius 3 is 2.91 bits per heavy atom. The van der Waals surface area contributed by atoms with Crippen molar-refractivity contribution in [1.29, 1.82) is 0 Å². The summed E-state index contributed by atoms with van der Waals surface area (Å²) in [6, 6.07) is 6.72. The largest absolute Gasteiger partial charge is 0.350 e. The van der Waals surface area contributed by atoms with Crippen molar-refractivity contribution in [3.63, 3.8) is 0 Å². The Kier molecular flexibility index (Phi) is 5.05. The van der Waals surface area contributed by atoms with E-state index in [4.69, 9.17) is 0 Å². The highest BCUT2D eigenvalue weighted by Gasteiger charge is 2.14. The van der Waals surface area contributed by atoms with Crippen LogP contribution < -0.4 is 5.32 Å². The van der Waals surface area contributed by atoms with Crippen LogP contribution in [-0.4, -0.2) is 20.7 Å². The van der Waals surface area contributed by atoms with Crippen LogP contribution in [0, 0.1) is 0 Å². The zero-order valence-electron chi connectivity index (χ0n) is 13.7. The summed E-state index contributed by atoms with van der Waals surface area (Å²) in [5, 5.41) is 7.14. The van der Waals surface area contributed by atoms with Crippen LogP contribution in [-0.2, 0) is 24.2 Å². The van der Waals surface area contributed by atoms with E-state index in [2.05, 4.69) is 40.5 Å². The molecule has 1 aliphatic rings. The van der Waals surface area contributed by atoms with Crippen LogP contribution in [0.25, 0.3) is 0 Å². The summed E-state index contributed by atoms with van der Waals surface area (Å²) in [5.74, 6) is 0.0929. The lowest BCUT2D eigenvalue weighted by molar-refractivity contribution is -0.121. The monoisotopic (exact) mass is 312 g/mol. The number of nitrogens with zero attached hydrogens (tertiary/aromatic N) is 3. The maximum absolute atomic E-state index is 12.1. The predicted octanol–water partition coefficient (Wildman–Crippen LogP) is 2.81. The number of aryl methyl sites for hydroxylation is 3. The number of amides is 1. The van der Waals surface area contributed by atoms with Crippen LogP contribution >= 0.6 is 0 Å². The summed E-state index contributed by atoms with van der Waals surface area (Å²) in [4.78, 5) is 16.0. The Hall–Kier alpha value is -2.17. The van der Waals surface area contributed by atoms with Gasteiger partial charge in [0.05, 0.1) is 6.04 Å². The van der Waals surface area contributed by atoms with Gasteiger partial charge in [-0.2, -0.15) is 5.10 Å². The number of hydrogen-bond donors (Lipinski definition) is 1. The van der Waals surface area contributed by atoms with Crippen molar-refractivity contribution in [2.24, 2.45) is 0 Å². The molecular formula is C18H24N4O. The van der Waals surface area contributed by atoms with Gasteiger partial charge in [0.2, 0.25) is 5.91 Å². The maximum Gasteiger partial charge on any atom is 0.220 e. The first-order valence-corrected chi connectivity index (χ1v) is 8.46. The SMILES string of the molecule is C[C@@H](NC(=O)CCCn1cncn1)c1ccc2c(c1)CCCC2. The molecule has 1 aromatic carbocycles. The highest BCUT2D eigenvalue weighted by molar-refractivity contribution is 5.76. The van der Waals surface area contributed by atoms with E-state index in [0.717, 1.165) is 13.0 Å². The van der Waals surface area contributed by atoms with Crippen molar-refractivity contribution in [3.8, 4) is 0 Å². The predicted molar refractivity (Wildman–Crippen MR) is 88.9 cm³/mol. The van der Waals surface area contributed by atoms with Crippen molar-refractivity contribution in [3.05, 3.63) is 47.5 Å². The van der Waals surface area contributed by atoms with Crippen molar-refractivity contribution < 1.29 is 4.79 Å². The molecule has 1 heterocycles. The second-order valence-electron chi connectivity index (χ2n) is 6.29. The van der Waals surface area contributed by atoms with E-state index in [1.54, 1.807) is 11.0 Å². The molecule has 0 unspecified atom stereocenters. The summed E-state index contributed by atoms with van der Waals surface area (Å²) in [6.07, 6.45) is 9.40. The number of carbonyl (C=O) groups is 1. The molecule has 0 spiro atoms. The van der Waals surface area contributed by atoms with Crippen molar-refractivity contribution >= 4 is 5.91 Å². The lowest BCUT2D eigenvalue weighted by Crippen LogP contribution is -2.26. The van der Waals surface area contributed by atoms with E-state index in [0.29, 0.717) is 6.42 Å². The molecule has 5 heteroatoms. The number of carbonyl (C=O) groups excluding carboxylic acids is 1. The topological polar surface area (TPSA) is 59.8 Å². The molecule has 122 valence electrons. The van der Waals surface area contributed by atoms with Gasteiger partial charge in [-0.15, -0.1) is 0 Å². The Labute approximate surface area is 137 Å².